The molecule has 5 heteroatoms. The topological polar surface area (TPSA) is 43.6 Å². The number of hydrogen-bond acceptors (Lipinski definition) is 3. The highest BCUT2D eigenvalue weighted by atomic mass is 79.9. The Labute approximate surface area is 106 Å². The molecule has 2 aromatic heterocycles. The molecule has 4 nitrogen and oxygen atoms in total. The predicted octanol–water partition coefficient (Wildman–Crippen LogP) is 2.64. The minimum absolute atomic E-state index is 0.716. The molecule has 0 atom stereocenters. The minimum Gasteiger partial charge on any atom is -0.243 e. The Morgan fingerprint density at radius 2 is 1.94 bits per heavy atom. The van der Waals surface area contributed by atoms with E-state index < -0.39 is 0 Å². The molecule has 0 amide bonds. The van der Waals surface area contributed by atoms with Gasteiger partial charge in [0.1, 0.15) is 10.9 Å². The van der Waals surface area contributed by atoms with Crippen LogP contribution >= 0.6 is 15.9 Å². The van der Waals surface area contributed by atoms with Crippen molar-refractivity contribution in [2.24, 2.45) is 0 Å². The Bertz CT molecular complexity index is 648. The van der Waals surface area contributed by atoms with Crippen LogP contribution in [-0.4, -0.2) is 19.7 Å². The summed E-state index contributed by atoms with van der Waals surface area (Å²) in [6, 6.07) is 10.2. The van der Waals surface area contributed by atoms with Gasteiger partial charge in [-0.2, -0.15) is 5.10 Å². The zero-order valence-electron chi connectivity index (χ0n) is 8.92. The van der Waals surface area contributed by atoms with Gasteiger partial charge in [-0.25, -0.2) is 14.6 Å². The Balaban J connectivity index is 2.05. The first-order valence-electron chi connectivity index (χ1n) is 5.20. The maximum Gasteiger partial charge on any atom is 0.162 e. The summed E-state index contributed by atoms with van der Waals surface area (Å²) in [7, 11) is 0. The Morgan fingerprint density at radius 3 is 2.76 bits per heavy atom. The smallest absolute Gasteiger partial charge is 0.162 e. The zero-order valence-corrected chi connectivity index (χ0v) is 10.5. The lowest BCUT2D eigenvalue weighted by molar-refractivity contribution is 0.703. The van der Waals surface area contributed by atoms with Gasteiger partial charge in [0.2, 0.25) is 0 Å². The average Bonchev–Trinajstić information content (AvgIpc) is 2.76. The van der Waals surface area contributed by atoms with Gasteiger partial charge in [0.05, 0.1) is 18.1 Å². The first-order valence-corrected chi connectivity index (χ1v) is 6.00. The van der Waals surface area contributed by atoms with E-state index in [1.54, 1.807) is 6.20 Å². The van der Waals surface area contributed by atoms with Crippen molar-refractivity contribution in [1.29, 1.82) is 0 Å². The first-order chi connectivity index (χ1) is 8.34. The van der Waals surface area contributed by atoms with Crippen LogP contribution in [0.15, 0.2) is 47.5 Å². The van der Waals surface area contributed by atoms with E-state index in [9.17, 15) is 0 Å². The van der Waals surface area contributed by atoms with Crippen molar-refractivity contribution < 1.29 is 0 Å². The fraction of sp³-hybridized carbons (Fsp3) is 0.0833. The van der Waals surface area contributed by atoms with Crippen LogP contribution in [0.2, 0.25) is 0 Å². The number of fused-ring (bicyclic) bond motifs is 1. The van der Waals surface area contributed by atoms with Crippen molar-refractivity contribution in [3.05, 3.63) is 53.0 Å². The largest absolute Gasteiger partial charge is 0.243 e. The van der Waals surface area contributed by atoms with E-state index in [0.717, 1.165) is 15.6 Å². The van der Waals surface area contributed by atoms with Crippen LogP contribution in [0.3, 0.4) is 0 Å². The van der Waals surface area contributed by atoms with E-state index in [4.69, 9.17) is 0 Å². The van der Waals surface area contributed by atoms with Crippen LogP contribution in [0.4, 0.5) is 0 Å². The molecule has 17 heavy (non-hydrogen) atoms. The highest BCUT2D eigenvalue weighted by Crippen LogP contribution is 2.19. The van der Waals surface area contributed by atoms with E-state index in [1.165, 1.54) is 11.9 Å². The highest BCUT2D eigenvalue weighted by molar-refractivity contribution is 9.10. The van der Waals surface area contributed by atoms with Crippen molar-refractivity contribution in [3.63, 3.8) is 0 Å². The van der Waals surface area contributed by atoms with Crippen LogP contribution in [-0.2, 0) is 6.54 Å². The average molecular weight is 289 g/mol. The van der Waals surface area contributed by atoms with Crippen molar-refractivity contribution in [2.45, 2.75) is 6.54 Å². The molecular weight excluding hydrogens is 280 g/mol. The molecule has 3 aromatic rings. The van der Waals surface area contributed by atoms with E-state index >= 15 is 0 Å². The van der Waals surface area contributed by atoms with E-state index in [1.807, 2.05) is 22.9 Å². The Hall–Kier alpha value is -1.75. The Morgan fingerprint density at radius 1 is 1.12 bits per heavy atom. The summed E-state index contributed by atoms with van der Waals surface area (Å²) in [5, 5.41) is 5.27. The summed E-state index contributed by atoms with van der Waals surface area (Å²) in [5.41, 5.74) is 2.04. The maximum absolute atomic E-state index is 4.34. The van der Waals surface area contributed by atoms with Gasteiger partial charge in [0, 0.05) is 0 Å². The lowest BCUT2D eigenvalue weighted by Crippen LogP contribution is -2.02. The minimum atomic E-state index is 0.716. The van der Waals surface area contributed by atoms with E-state index in [-0.39, 0.29) is 0 Å². The second kappa shape index (κ2) is 4.25. The molecule has 0 unspecified atom stereocenters. The van der Waals surface area contributed by atoms with Gasteiger partial charge in [0.25, 0.3) is 0 Å². The summed E-state index contributed by atoms with van der Waals surface area (Å²) in [4.78, 5) is 8.34. The molecule has 0 N–H and O–H groups in total. The van der Waals surface area contributed by atoms with Crippen molar-refractivity contribution in [3.8, 4) is 0 Å². The summed E-state index contributed by atoms with van der Waals surface area (Å²) < 4.78 is 2.65. The first kappa shape index (κ1) is 10.4. The molecule has 1 aromatic carbocycles. The van der Waals surface area contributed by atoms with Crippen molar-refractivity contribution in [1.82, 2.24) is 19.7 Å². The third-order valence-electron chi connectivity index (χ3n) is 2.56. The predicted molar refractivity (Wildman–Crippen MR) is 68.6 cm³/mol. The van der Waals surface area contributed by atoms with Crippen LogP contribution in [0.25, 0.3) is 11.0 Å². The monoisotopic (exact) mass is 288 g/mol. The number of benzene rings is 1. The molecule has 0 bridgehead atoms. The molecule has 0 radical (unpaired) electrons. The fourth-order valence-electron chi connectivity index (χ4n) is 1.74. The normalized spacial score (nSPS) is 10.9. The van der Waals surface area contributed by atoms with Gasteiger partial charge in [-0.1, -0.05) is 30.3 Å². The third kappa shape index (κ3) is 1.93. The van der Waals surface area contributed by atoms with Crippen LogP contribution in [0.5, 0.6) is 0 Å². The van der Waals surface area contributed by atoms with E-state index in [2.05, 4.69) is 43.1 Å². The number of rotatable bonds is 2. The second-order valence-corrected chi connectivity index (χ2v) is 4.44. The van der Waals surface area contributed by atoms with Gasteiger partial charge in [-0.3, -0.25) is 0 Å². The molecule has 0 saturated heterocycles. The molecule has 0 fully saturated rings. The summed E-state index contributed by atoms with van der Waals surface area (Å²) in [6.45, 7) is 0.716. The molecule has 0 aliphatic carbocycles. The number of nitrogens with zero attached hydrogens (tertiary/aromatic N) is 4. The summed E-state index contributed by atoms with van der Waals surface area (Å²) in [6.07, 6.45) is 3.32. The second-order valence-electron chi connectivity index (χ2n) is 3.69. The molecule has 0 aliphatic rings. The van der Waals surface area contributed by atoms with Crippen LogP contribution in [0.1, 0.15) is 5.56 Å². The lowest BCUT2D eigenvalue weighted by Gasteiger charge is -2.02. The molecule has 0 aliphatic heterocycles. The van der Waals surface area contributed by atoms with Gasteiger partial charge in [-0.15, -0.1) is 0 Å². The van der Waals surface area contributed by atoms with Crippen molar-refractivity contribution in [2.75, 3.05) is 0 Å². The molecule has 3 rings (SSSR count). The molecule has 2 heterocycles. The summed E-state index contributed by atoms with van der Waals surface area (Å²) in [5.74, 6) is 0. The zero-order chi connectivity index (χ0) is 11.7. The molecule has 0 spiro atoms. The number of hydrogen-bond donors (Lipinski definition) is 0. The highest BCUT2D eigenvalue weighted by Gasteiger charge is 2.07. The number of halogens is 1. The number of aromatic nitrogens is 4. The van der Waals surface area contributed by atoms with Gasteiger partial charge >= 0.3 is 0 Å². The van der Waals surface area contributed by atoms with Crippen LogP contribution < -0.4 is 0 Å². The van der Waals surface area contributed by atoms with Gasteiger partial charge in [0.15, 0.2) is 5.65 Å². The Kier molecular flexibility index (Phi) is 2.60. The lowest BCUT2D eigenvalue weighted by atomic mass is 10.2. The van der Waals surface area contributed by atoms with E-state index in [0.29, 0.717) is 6.54 Å². The SMILES string of the molecule is Brc1ncnc2c1cnn2Cc1ccccc1. The molecular formula is C12H9BrN4. The maximum atomic E-state index is 4.34. The standard InChI is InChI=1S/C12H9BrN4/c13-11-10-6-16-17(12(10)15-8-14-11)7-9-4-2-1-3-5-9/h1-6,8H,7H2. The van der Waals surface area contributed by atoms with Gasteiger partial charge in [-0.05, 0) is 21.5 Å². The quantitative estimate of drug-likeness (QED) is 0.681. The molecule has 0 saturated carbocycles. The summed E-state index contributed by atoms with van der Waals surface area (Å²) >= 11 is 3.39. The fourth-order valence-corrected chi connectivity index (χ4v) is 2.11. The molecule has 84 valence electrons. The van der Waals surface area contributed by atoms with Crippen molar-refractivity contribution >= 4 is 27.0 Å². The third-order valence-corrected chi connectivity index (χ3v) is 3.19. The van der Waals surface area contributed by atoms with Gasteiger partial charge < -0.3 is 0 Å². The van der Waals surface area contributed by atoms with Crippen LogP contribution in [0, 0.1) is 0 Å².